The molecule has 2 aromatic carbocycles. The largest absolute Gasteiger partial charge is 0.465 e. The Hall–Kier alpha value is -4.35. The Morgan fingerprint density at radius 1 is 0.957 bits per heavy atom. The topological polar surface area (TPSA) is 111 Å². The number of anilines is 1. The fourth-order valence-corrected chi connectivity index (χ4v) is 6.72. The molecule has 2 aromatic heterocycles. The van der Waals surface area contributed by atoms with Crippen molar-refractivity contribution in [3.63, 3.8) is 0 Å². The third-order valence-corrected chi connectivity index (χ3v) is 9.46. The molecule has 1 saturated carbocycles. The number of hydrogen-bond acceptors (Lipinski definition) is 7. The lowest BCUT2D eigenvalue weighted by Crippen LogP contribution is -2.47. The van der Waals surface area contributed by atoms with Crippen LogP contribution in [0.5, 0.6) is 0 Å². The molecule has 0 unspecified atom stereocenters. The molecule has 2 amide bonds. The Kier molecular flexibility index (Phi) is 9.89. The second kappa shape index (κ2) is 14.4. The van der Waals surface area contributed by atoms with Gasteiger partial charge in [-0.3, -0.25) is 14.6 Å². The van der Waals surface area contributed by atoms with Crippen LogP contribution in [-0.4, -0.2) is 110 Å². The summed E-state index contributed by atoms with van der Waals surface area (Å²) in [6, 6.07) is 18.2. The van der Waals surface area contributed by atoms with E-state index in [0.717, 1.165) is 74.0 Å². The molecule has 2 fully saturated rings. The van der Waals surface area contributed by atoms with E-state index in [1.165, 1.54) is 4.90 Å². The summed E-state index contributed by atoms with van der Waals surface area (Å²) in [7, 11) is 2.10. The van der Waals surface area contributed by atoms with Gasteiger partial charge in [-0.2, -0.15) is 5.10 Å². The van der Waals surface area contributed by atoms with Gasteiger partial charge in [-0.15, -0.1) is 0 Å². The fraction of sp³-hybridized carbons (Fsp3) is 0.457. The molecule has 0 spiro atoms. The normalized spacial score (nSPS) is 16.2. The first-order valence-corrected chi connectivity index (χ1v) is 16.4. The van der Waals surface area contributed by atoms with Crippen molar-refractivity contribution >= 4 is 28.6 Å². The van der Waals surface area contributed by atoms with Gasteiger partial charge in [0.25, 0.3) is 0 Å². The SMILES string of the molecule is Cc1nc(-c2ccnc(N(CCN3CCN(C)CC3)C(=O)O)c2)nn1CCN(C(=O)Cc1cccc2ccccc12)C1CCCC1. The first kappa shape index (κ1) is 31.6. The molecule has 0 bridgehead atoms. The molecule has 46 heavy (non-hydrogen) atoms. The van der Waals surface area contributed by atoms with Crippen molar-refractivity contribution in [2.24, 2.45) is 0 Å². The Morgan fingerprint density at radius 2 is 1.72 bits per heavy atom. The molecule has 4 aromatic rings. The van der Waals surface area contributed by atoms with E-state index in [-0.39, 0.29) is 11.9 Å². The predicted molar refractivity (Wildman–Crippen MR) is 179 cm³/mol. The molecule has 0 atom stereocenters. The summed E-state index contributed by atoms with van der Waals surface area (Å²) < 4.78 is 1.85. The monoisotopic (exact) mass is 624 g/mol. The van der Waals surface area contributed by atoms with Crippen LogP contribution in [0.25, 0.3) is 22.2 Å². The Bertz CT molecular complexity index is 1650. The summed E-state index contributed by atoms with van der Waals surface area (Å²) >= 11 is 0. The lowest BCUT2D eigenvalue weighted by atomic mass is 10.0. The molecule has 1 saturated heterocycles. The van der Waals surface area contributed by atoms with E-state index in [1.807, 2.05) is 35.9 Å². The molecule has 1 N–H and O–H groups in total. The van der Waals surface area contributed by atoms with Crippen LogP contribution in [0.4, 0.5) is 10.6 Å². The van der Waals surface area contributed by atoms with E-state index >= 15 is 0 Å². The molecule has 1 aliphatic carbocycles. The number of carbonyl (C=O) groups is 2. The second-order valence-electron chi connectivity index (χ2n) is 12.5. The van der Waals surface area contributed by atoms with Crippen LogP contribution < -0.4 is 4.90 Å². The van der Waals surface area contributed by atoms with Crippen LogP contribution in [0.2, 0.25) is 0 Å². The average Bonchev–Trinajstić information content (AvgIpc) is 3.73. The highest BCUT2D eigenvalue weighted by atomic mass is 16.4. The van der Waals surface area contributed by atoms with Gasteiger partial charge in [-0.05, 0) is 55.3 Å². The number of nitrogens with zero attached hydrogens (tertiary/aromatic N) is 8. The van der Waals surface area contributed by atoms with Crippen LogP contribution in [0.15, 0.2) is 60.8 Å². The maximum atomic E-state index is 13.8. The number of hydrogen-bond donors (Lipinski definition) is 1. The summed E-state index contributed by atoms with van der Waals surface area (Å²) in [5.74, 6) is 1.76. The molecule has 0 radical (unpaired) electrons. The second-order valence-corrected chi connectivity index (χ2v) is 12.5. The maximum absolute atomic E-state index is 13.8. The zero-order valence-corrected chi connectivity index (χ0v) is 26.9. The van der Waals surface area contributed by atoms with E-state index in [9.17, 15) is 14.7 Å². The summed E-state index contributed by atoms with van der Waals surface area (Å²) in [4.78, 5) is 43.1. The van der Waals surface area contributed by atoms with Crippen LogP contribution in [0.1, 0.15) is 37.1 Å². The number of piperazine rings is 1. The standard InChI is InChI=1S/C35H44N8O3/c1-26-37-34(29-14-15-36-32(24-29)42(35(45)46)21-20-40-18-16-39(2)17-19-40)38-43(26)23-22-41(30-11-4-5-12-30)33(44)25-28-10-7-9-27-8-3-6-13-31(27)28/h3,6-10,13-15,24,30H,4-5,11-12,16-23,25H2,1-2H3,(H,45,46). The van der Waals surface area contributed by atoms with Gasteiger partial charge in [0.05, 0.1) is 13.0 Å². The number of benzene rings is 2. The molecule has 11 nitrogen and oxygen atoms in total. The fourth-order valence-electron chi connectivity index (χ4n) is 6.72. The van der Waals surface area contributed by atoms with E-state index < -0.39 is 6.09 Å². The van der Waals surface area contributed by atoms with Crippen LogP contribution in [-0.2, 0) is 17.8 Å². The Balaban J connectivity index is 1.14. The van der Waals surface area contributed by atoms with Crippen molar-refractivity contribution < 1.29 is 14.7 Å². The molecule has 11 heteroatoms. The third kappa shape index (κ3) is 7.37. The molecule has 242 valence electrons. The summed E-state index contributed by atoms with van der Waals surface area (Å²) in [5.41, 5.74) is 1.76. The minimum atomic E-state index is -1.03. The van der Waals surface area contributed by atoms with Gasteiger partial charge < -0.3 is 14.9 Å². The third-order valence-electron chi connectivity index (χ3n) is 9.46. The summed E-state index contributed by atoms with van der Waals surface area (Å²) in [6.45, 7) is 7.77. The zero-order valence-electron chi connectivity index (χ0n) is 26.9. The molecule has 3 heterocycles. The molecule has 6 rings (SSSR count). The van der Waals surface area contributed by atoms with Crippen molar-refractivity contribution in [2.75, 3.05) is 57.8 Å². The lowest BCUT2D eigenvalue weighted by molar-refractivity contribution is -0.132. The Labute approximate surface area is 270 Å². The number of fused-ring (bicyclic) bond motifs is 1. The molecular weight excluding hydrogens is 580 g/mol. The lowest BCUT2D eigenvalue weighted by Gasteiger charge is -2.33. The van der Waals surface area contributed by atoms with Crippen molar-refractivity contribution in [3.8, 4) is 11.4 Å². The quantitative estimate of drug-likeness (QED) is 0.259. The van der Waals surface area contributed by atoms with Crippen LogP contribution >= 0.6 is 0 Å². The molecule has 2 aliphatic rings. The summed E-state index contributed by atoms with van der Waals surface area (Å²) in [5, 5.41) is 17.1. The van der Waals surface area contributed by atoms with Gasteiger partial charge >= 0.3 is 6.09 Å². The zero-order chi connectivity index (χ0) is 32.0. The van der Waals surface area contributed by atoms with Crippen molar-refractivity contribution in [1.29, 1.82) is 0 Å². The highest BCUT2D eigenvalue weighted by Gasteiger charge is 2.27. The van der Waals surface area contributed by atoms with Gasteiger partial charge in [-0.1, -0.05) is 55.3 Å². The number of carboxylic acid groups (broad SMARTS) is 1. The number of carbonyl (C=O) groups excluding carboxylic acids is 1. The van der Waals surface area contributed by atoms with Gasteiger partial charge in [0.1, 0.15) is 11.6 Å². The number of rotatable bonds is 11. The van der Waals surface area contributed by atoms with Gasteiger partial charge in [0, 0.05) is 63.6 Å². The van der Waals surface area contributed by atoms with E-state index in [4.69, 9.17) is 10.1 Å². The van der Waals surface area contributed by atoms with E-state index in [0.29, 0.717) is 49.8 Å². The number of likely N-dealkylation sites (N-methyl/N-ethyl adjacent to an activating group) is 1. The maximum Gasteiger partial charge on any atom is 0.413 e. The number of aromatic nitrogens is 4. The van der Waals surface area contributed by atoms with Gasteiger partial charge in [0.2, 0.25) is 5.91 Å². The molecular formula is C35H44N8O3. The molecule has 1 aliphatic heterocycles. The number of aryl methyl sites for hydroxylation is 1. The first-order valence-electron chi connectivity index (χ1n) is 16.4. The van der Waals surface area contributed by atoms with Gasteiger partial charge in [-0.25, -0.2) is 19.4 Å². The van der Waals surface area contributed by atoms with E-state index in [1.54, 1.807) is 12.3 Å². The number of amides is 2. The Morgan fingerprint density at radius 3 is 2.50 bits per heavy atom. The predicted octanol–water partition coefficient (Wildman–Crippen LogP) is 4.55. The summed E-state index contributed by atoms with van der Waals surface area (Å²) in [6.07, 6.45) is 5.28. The van der Waals surface area contributed by atoms with E-state index in [2.05, 4.69) is 51.0 Å². The first-order chi connectivity index (χ1) is 22.4. The van der Waals surface area contributed by atoms with Crippen molar-refractivity contribution in [2.45, 2.75) is 51.6 Å². The van der Waals surface area contributed by atoms with Gasteiger partial charge in [0.15, 0.2) is 5.82 Å². The van der Waals surface area contributed by atoms with Crippen LogP contribution in [0.3, 0.4) is 0 Å². The smallest absolute Gasteiger partial charge is 0.413 e. The average molecular weight is 625 g/mol. The highest BCUT2D eigenvalue weighted by Crippen LogP contribution is 2.26. The van der Waals surface area contributed by atoms with Crippen LogP contribution in [0, 0.1) is 6.92 Å². The van der Waals surface area contributed by atoms with Crippen molar-refractivity contribution in [1.82, 2.24) is 34.4 Å². The minimum absolute atomic E-state index is 0.144. The highest BCUT2D eigenvalue weighted by molar-refractivity contribution is 5.90. The minimum Gasteiger partial charge on any atom is -0.465 e. The number of pyridine rings is 1. The van der Waals surface area contributed by atoms with Crippen molar-refractivity contribution in [3.05, 3.63) is 72.2 Å².